The molecule has 106 valence electrons. The zero-order valence-corrected chi connectivity index (χ0v) is 12.2. The topological polar surface area (TPSA) is 24.5 Å². The average molecular weight is 254 g/mol. The molecule has 1 saturated carbocycles. The Hall–Kier alpha value is -0.120. The fourth-order valence-electron chi connectivity index (χ4n) is 3.44. The fourth-order valence-corrected chi connectivity index (χ4v) is 3.44. The standard InChI is InChI=1S/C15H30N2O/c1-13(2)14-5-3-4-6-15(14)16-7-8-17-9-11-18-12-10-17/h13-16H,3-12H2,1-2H3/t14-,15-/m1/s1. The van der Waals surface area contributed by atoms with E-state index in [1.807, 2.05) is 0 Å². The minimum atomic E-state index is 0.764. The van der Waals surface area contributed by atoms with Gasteiger partial charge in [-0.3, -0.25) is 4.90 Å². The highest BCUT2D eigenvalue weighted by molar-refractivity contribution is 4.83. The van der Waals surface area contributed by atoms with Crippen molar-refractivity contribution in [1.29, 1.82) is 0 Å². The maximum absolute atomic E-state index is 5.38. The second-order valence-electron chi connectivity index (χ2n) is 6.21. The first-order valence-corrected chi connectivity index (χ1v) is 7.81. The molecule has 1 aliphatic carbocycles. The highest BCUT2D eigenvalue weighted by Gasteiger charge is 2.26. The van der Waals surface area contributed by atoms with Crippen LogP contribution in [0, 0.1) is 11.8 Å². The van der Waals surface area contributed by atoms with Gasteiger partial charge in [0, 0.05) is 32.2 Å². The Bertz CT molecular complexity index is 227. The molecular weight excluding hydrogens is 224 g/mol. The van der Waals surface area contributed by atoms with Crippen molar-refractivity contribution in [2.45, 2.75) is 45.6 Å². The number of rotatable bonds is 5. The molecule has 1 aliphatic heterocycles. The average Bonchev–Trinajstić information content (AvgIpc) is 2.40. The van der Waals surface area contributed by atoms with Crippen LogP contribution in [0.5, 0.6) is 0 Å². The molecule has 18 heavy (non-hydrogen) atoms. The number of ether oxygens (including phenoxy) is 1. The van der Waals surface area contributed by atoms with Gasteiger partial charge in [0.15, 0.2) is 0 Å². The van der Waals surface area contributed by atoms with Crippen molar-refractivity contribution in [2.75, 3.05) is 39.4 Å². The Labute approximate surface area is 112 Å². The minimum absolute atomic E-state index is 0.764. The van der Waals surface area contributed by atoms with Gasteiger partial charge in [-0.05, 0) is 24.7 Å². The predicted molar refractivity (Wildman–Crippen MR) is 75.8 cm³/mol. The largest absolute Gasteiger partial charge is 0.379 e. The van der Waals surface area contributed by atoms with E-state index in [1.54, 1.807) is 0 Å². The lowest BCUT2D eigenvalue weighted by atomic mass is 9.78. The van der Waals surface area contributed by atoms with Gasteiger partial charge in [0.25, 0.3) is 0 Å². The van der Waals surface area contributed by atoms with E-state index in [-0.39, 0.29) is 0 Å². The number of nitrogens with one attached hydrogen (secondary N) is 1. The van der Waals surface area contributed by atoms with Gasteiger partial charge in [-0.25, -0.2) is 0 Å². The molecule has 2 atom stereocenters. The van der Waals surface area contributed by atoms with Gasteiger partial charge < -0.3 is 10.1 Å². The molecule has 0 aromatic heterocycles. The van der Waals surface area contributed by atoms with Gasteiger partial charge in [0.1, 0.15) is 0 Å². The quantitative estimate of drug-likeness (QED) is 0.813. The van der Waals surface area contributed by atoms with Crippen molar-refractivity contribution in [3.8, 4) is 0 Å². The Morgan fingerprint density at radius 1 is 1.17 bits per heavy atom. The van der Waals surface area contributed by atoms with Gasteiger partial charge >= 0.3 is 0 Å². The predicted octanol–water partition coefficient (Wildman–Crippen LogP) is 2.12. The molecule has 2 rings (SSSR count). The van der Waals surface area contributed by atoms with E-state index in [9.17, 15) is 0 Å². The molecule has 0 aromatic rings. The maximum atomic E-state index is 5.38. The maximum Gasteiger partial charge on any atom is 0.0594 e. The molecule has 0 unspecified atom stereocenters. The van der Waals surface area contributed by atoms with E-state index in [4.69, 9.17) is 4.74 Å². The number of hydrogen-bond acceptors (Lipinski definition) is 3. The van der Waals surface area contributed by atoms with E-state index >= 15 is 0 Å². The van der Waals surface area contributed by atoms with Crippen LogP contribution in [0.1, 0.15) is 39.5 Å². The zero-order chi connectivity index (χ0) is 12.8. The smallest absolute Gasteiger partial charge is 0.0594 e. The van der Waals surface area contributed by atoms with Crippen molar-refractivity contribution in [2.24, 2.45) is 11.8 Å². The van der Waals surface area contributed by atoms with Crippen LogP contribution < -0.4 is 5.32 Å². The van der Waals surface area contributed by atoms with Crippen LogP contribution in [0.15, 0.2) is 0 Å². The summed E-state index contributed by atoms with van der Waals surface area (Å²) in [4.78, 5) is 2.52. The van der Waals surface area contributed by atoms with Crippen molar-refractivity contribution in [1.82, 2.24) is 10.2 Å². The monoisotopic (exact) mass is 254 g/mol. The van der Waals surface area contributed by atoms with Gasteiger partial charge in [0.05, 0.1) is 13.2 Å². The SMILES string of the molecule is CC(C)[C@H]1CCCC[C@H]1NCCN1CCOCC1. The van der Waals surface area contributed by atoms with Gasteiger partial charge in [-0.1, -0.05) is 26.7 Å². The molecule has 0 spiro atoms. The van der Waals surface area contributed by atoms with Crippen LogP contribution >= 0.6 is 0 Å². The normalized spacial score (nSPS) is 30.8. The highest BCUT2D eigenvalue weighted by atomic mass is 16.5. The summed E-state index contributed by atoms with van der Waals surface area (Å²) in [5, 5.41) is 3.82. The lowest BCUT2D eigenvalue weighted by Crippen LogP contribution is -2.46. The molecular formula is C15H30N2O. The lowest BCUT2D eigenvalue weighted by molar-refractivity contribution is 0.0374. The molecule has 0 amide bonds. The Morgan fingerprint density at radius 2 is 1.89 bits per heavy atom. The van der Waals surface area contributed by atoms with E-state index in [2.05, 4.69) is 24.1 Å². The third kappa shape index (κ3) is 4.22. The van der Waals surface area contributed by atoms with E-state index < -0.39 is 0 Å². The molecule has 1 heterocycles. The fraction of sp³-hybridized carbons (Fsp3) is 1.00. The summed E-state index contributed by atoms with van der Waals surface area (Å²) in [6, 6.07) is 0.764. The third-order valence-corrected chi connectivity index (χ3v) is 4.61. The van der Waals surface area contributed by atoms with E-state index in [1.165, 1.54) is 32.2 Å². The Kier molecular flexibility index (Phi) is 5.93. The first kappa shape index (κ1) is 14.3. The molecule has 0 aromatic carbocycles. The molecule has 0 radical (unpaired) electrons. The minimum Gasteiger partial charge on any atom is -0.379 e. The summed E-state index contributed by atoms with van der Waals surface area (Å²) < 4.78 is 5.38. The van der Waals surface area contributed by atoms with Crippen molar-refractivity contribution >= 4 is 0 Å². The van der Waals surface area contributed by atoms with Gasteiger partial charge in [-0.15, -0.1) is 0 Å². The van der Waals surface area contributed by atoms with Gasteiger partial charge in [-0.2, -0.15) is 0 Å². The molecule has 3 nitrogen and oxygen atoms in total. The summed E-state index contributed by atoms with van der Waals surface area (Å²) in [7, 11) is 0. The van der Waals surface area contributed by atoms with Crippen LogP contribution in [0.2, 0.25) is 0 Å². The summed E-state index contributed by atoms with van der Waals surface area (Å²) in [6.45, 7) is 11.1. The lowest BCUT2D eigenvalue weighted by Gasteiger charge is -2.36. The summed E-state index contributed by atoms with van der Waals surface area (Å²) in [5.41, 5.74) is 0. The third-order valence-electron chi connectivity index (χ3n) is 4.61. The van der Waals surface area contributed by atoms with Crippen molar-refractivity contribution in [3.63, 3.8) is 0 Å². The van der Waals surface area contributed by atoms with Crippen LogP contribution in [-0.4, -0.2) is 50.3 Å². The molecule has 2 fully saturated rings. The number of morpholine rings is 1. The second-order valence-corrected chi connectivity index (χ2v) is 6.21. The van der Waals surface area contributed by atoms with Crippen LogP contribution in [0.25, 0.3) is 0 Å². The Balaban J connectivity index is 1.67. The summed E-state index contributed by atoms with van der Waals surface area (Å²) in [6.07, 6.45) is 5.65. The zero-order valence-electron chi connectivity index (χ0n) is 12.2. The van der Waals surface area contributed by atoms with E-state index in [0.29, 0.717) is 0 Å². The van der Waals surface area contributed by atoms with Crippen LogP contribution in [0.4, 0.5) is 0 Å². The molecule has 1 saturated heterocycles. The number of nitrogens with zero attached hydrogens (tertiary/aromatic N) is 1. The Morgan fingerprint density at radius 3 is 2.61 bits per heavy atom. The summed E-state index contributed by atoms with van der Waals surface area (Å²) >= 11 is 0. The molecule has 2 aliphatic rings. The first-order valence-electron chi connectivity index (χ1n) is 7.81. The second kappa shape index (κ2) is 7.46. The van der Waals surface area contributed by atoms with Gasteiger partial charge in [0.2, 0.25) is 0 Å². The highest BCUT2D eigenvalue weighted by Crippen LogP contribution is 2.29. The number of hydrogen-bond donors (Lipinski definition) is 1. The summed E-state index contributed by atoms with van der Waals surface area (Å²) in [5.74, 6) is 1.72. The van der Waals surface area contributed by atoms with Crippen molar-refractivity contribution in [3.05, 3.63) is 0 Å². The first-order chi connectivity index (χ1) is 8.77. The molecule has 1 N–H and O–H groups in total. The van der Waals surface area contributed by atoms with Crippen LogP contribution in [0.3, 0.4) is 0 Å². The van der Waals surface area contributed by atoms with Crippen molar-refractivity contribution < 1.29 is 4.74 Å². The van der Waals surface area contributed by atoms with E-state index in [0.717, 1.165) is 50.7 Å². The van der Waals surface area contributed by atoms with Crippen LogP contribution in [-0.2, 0) is 4.74 Å². The molecule has 3 heteroatoms. The molecule has 0 bridgehead atoms.